The number of likely N-dealkylation sites (tertiary alicyclic amines) is 1. The van der Waals surface area contributed by atoms with Crippen molar-refractivity contribution >= 4 is 5.91 Å². The van der Waals surface area contributed by atoms with Gasteiger partial charge in [0.25, 0.3) is 5.91 Å². The minimum Gasteiger partial charge on any atom is -0.388 e. The van der Waals surface area contributed by atoms with Crippen LogP contribution in [0.15, 0.2) is 91.0 Å². The molecule has 0 radical (unpaired) electrons. The lowest BCUT2D eigenvalue weighted by Gasteiger charge is -2.49. The predicted octanol–water partition coefficient (Wildman–Crippen LogP) is 3.08. The summed E-state index contributed by atoms with van der Waals surface area (Å²) >= 11 is 0. The van der Waals surface area contributed by atoms with Crippen molar-refractivity contribution in [3.8, 4) is 0 Å². The van der Waals surface area contributed by atoms with Gasteiger partial charge in [-0.2, -0.15) is 0 Å². The first-order valence-corrected chi connectivity index (χ1v) is 10.1. The van der Waals surface area contributed by atoms with Crippen molar-refractivity contribution in [1.29, 1.82) is 0 Å². The van der Waals surface area contributed by atoms with Gasteiger partial charge < -0.3 is 19.8 Å². The van der Waals surface area contributed by atoms with Gasteiger partial charge in [-0.05, 0) is 16.7 Å². The van der Waals surface area contributed by atoms with Crippen molar-refractivity contribution in [2.45, 2.75) is 37.5 Å². The fourth-order valence-electron chi connectivity index (χ4n) is 3.83. The molecule has 2 N–H and O–H groups in total. The topological polar surface area (TPSA) is 70.0 Å². The third-order valence-corrected chi connectivity index (χ3v) is 5.48. The van der Waals surface area contributed by atoms with Crippen molar-refractivity contribution in [2.24, 2.45) is 0 Å². The second-order valence-corrected chi connectivity index (χ2v) is 7.51. The van der Waals surface area contributed by atoms with Crippen molar-refractivity contribution < 1.29 is 19.7 Å². The van der Waals surface area contributed by atoms with Gasteiger partial charge in [0, 0.05) is 6.54 Å². The zero-order valence-corrected chi connectivity index (χ0v) is 16.5. The zero-order chi connectivity index (χ0) is 20.9. The second-order valence-electron chi connectivity index (χ2n) is 7.51. The molecule has 5 heteroatoms. The van der Waals surface area contributed by atoms with Crippen LogP contribution >= 0.6 is 0 Å². The van der Waals surface area contributed by atoms with Gasteiger partial charge in [0.2, 0.25) is 0 Å². The predicted molar refractivity (Wildman–Crippen MR) is 113 cm³/mol. The number of carbonyl (C=O) groups is 1. The van der Waals surface area contributed by atoms with E-state index in [-0.39, 0.29) is 12.5 Å². The Kier molecular flexibility index (Phi) is 6.23. The maximum Gasteiger partial charge on any atom is 0.254 e. The van der Waals surface area contributed by atoms with Gasteiger partial charge in [-0.1, -0.05) is 91.0 Å². The number of ether oxygens (including phenoxy) is 1. The molecule has 1 saturated heterocycles. The highest BCUT2D eigenvalue weighted by Crippen LogP contribution is 2.33. The summed E-state index contributed by atoms with van der Waals surface area (Å²) in [5.74, 6) is -0.181. The van der Waals surface area contributed by atoms with Crippen molar-refractivity contribution in [3.63, 3.8) is 0 Å². The molecule has 1 fully saturated rings. The van der Waals surface area contributed by atoms with Crippen LogP contribution in [0.5, 0.6) is 0 Å². The minimum absolute atomic E-state index is 0.181. The van der Waals surface area contributed by atoms with E-state index in [1.165, 1.54) is 0 Å². The first-order chi connectivity index (χ1) is 14.6. The molecule has 1 aliphatic heterocycles. The Bertz CT molecular complexity index is 949. The molecule has 3 aromatic carbocycles. The Morgan fingerprint density at radius 1 is 0.800 bits per heavy atom. The quantitative estimate of drug-likeness (QED) is 0.567. The maximum atomic E-state index is 12.9. The van der Waals surface area contributed by atoms with Crippen molar-refractivity contribution in [3.05, 3.63) is 108 Å². The van der Waals surface area contributed by atoms with Crippen LogP contribution < -0.4 is 0 Å². The van der Waals surface area contributed by atoms with Gasteiger partial charge in [0.05, 0.1) is 12.6 Å². The summed E-state index contributed by atoms with van der Waals surface area (Å²) < 4.78 is 5.90. The molecule has 0 bridgehead atoms. The third-order valence-electron chi connectivity index (χ3n) is 5.48. The largest absolute Gasteiger partial charge is 0.388 e. The average molecular weight is 403 g/mol. The zero-order valence-electron chi connectivity index (χ0n) is 16.5. The molecule has 1 amide bonds. The standard InChI is InChI=1S/C25H25NO4/c27-22(20-14-8-3-9-15-20)23(28)21-24(30-17-19-12-6-2-7-13-19)25(29)26(21)16-18-10-4-1-5-11-18/h1-15,21-24,27-28H,16-17H2/t21-,22-,23-,24+/m0/s1. The molecule has 0 spiro atoms. The lowest BCUT2D eigenvalue weighted by atomic mass is 9.86. The number of carbonyl (C=O) groups excluding carboxylic acids is 1. The molecule has 5 nitrogen and oxygen atoms in total. The lowest BCUT2D eigenvalue weighted by molar-refractivity contribution is -0.195. The summed E-state index contributed by atoms with van der Waals surface area (Å²) in [4.78, 5) is 14.5. The molecule has 4 atom stereocenters. The molecule has 0 aromatic heterocycles. The van der Waals surface area contributed by atoms with E-state index in [9.17, 15) is 15.0 Å². The van der Waals surface area contributed by atoms with Gasteiger partial charge >= 0.3 is 0 Å². The normalized spacial score (nSPS) is 20.5. The fourth-order valence-corrected chi connectivity index (χ4v) is 3.83. The molecule has 0 saturated carbocycles. The van der Waals surface area contributed by atoms with Gasteiger partial charge in [-0.25, -0.2) is 0 Å². The summed E-state index contributed by atoms with van der Waals surface area (Å²) in [5.41, 5.74) is 2.51. The van der Waals surface area contributed by atoms with E-state index in [2.05, 4.69) is 0 Å². The van der Waals surface area contributed by atoms with E-state index < -0.39 is 24.4 Å². The van der Waals surface area contributed by atoms with Crippen LogP contribution in [0.4, 0.5) is 0 Å². The van der Waals surface area contributed by atoms with Crippen molar-refractivity contribution in [2.75, 3.05) is 0 Å². The SMILES string of the molecule is O=C1[C@H](OCc2ccccc2)[C@H]([C@H](O)[C@@H](O)c2ccccc2)N1Cc1ccccc1. The van der Waals surface area contributed by atoms with Gasteiger partial charge in [0.1, 0.15) is 12.2 Å². The Balaban J connectivity index is 1.53. The van der Waals surface area contributed by atoms with E-state index in [1.807, 2.05) is 78.9 Å². The molecule has 0 unspecified atom stereocenters. The molecular formula is C25H25NO4. The Hall–Kier alpha value is -2.99. The van der Waals surface area contributed by atoms with Crippen LogP contribution in [0, 0.1) is 0 Å². The van der Waals surface area contributed by atoms with Crippen LogP contribution in [0.1, 0.15) is 22.8 Å². The number of rotatable bonds is 8. The number of amides is 1. The Labute approximate surface area is 176 Å². The van der Waals surface area contributed by atoms with Crippen LogP contribution in [0.2, 0.25) is 0 Å². The van der Waals surface area contributed by atoms with Crippen LogP contribution in [0.25, 0.3) is 0 Å². The first-order valence-electron chi connectivity index (χ1n) is 10.1. The summed E-state index contributed by atoms with van der Waals surface area (Å²) in [5, 5.41) is 21.8. The van der Waals surface area contributed by atoms with E-state index in [0.29, 0.717) is 12.1 Å². The second kappa shape index (κ2) is 9.22. The molecular weight excluding hydrogens is 378 g/mol. The van der Waals surface area contributed by atoms with Crippen LogP contribution in [-0.2, 0) is 22.7 Å². The van der Waals surface area contributed by atoms with Gasteiger partial charge in [-0.15, -0.1) is 0 Å². The highest BCUT2D eigenvalue weighted by atomic mass is 16.5. The Morgan fingerprint density at radius 3 is 1.93 bits per heavy atom. The number of β-lactam (4-membered cyclic amide) rings is 1. The van der Waals surface area contributed by atoms with E-state index in [1.54, 1.807) is 17.0 Å². The summed E-state index contributed by atoms with van der Waals surface area (Å²) in [7, 11) is 0. The summed E-state index contributed by atoms with van der Waals surface area (Å²) in [6.07, 6.45) is -3.10. The van der Waals surface area contributed by atoms with Gasteiger partial charge in [-0.3, -0.25) is 4.79 Å². The number of aliphatic hydroxyl groups excluding tert-OH is 2. The van der Waals surface area contributed by atoms with E-state index in [4.69, 9.17) is 4.74 Å². The third kappa shape index (κ3) is 4.28. The summed E-state index contributed by atoms with van der Waals surface area (Å²) in [6, 6.07) is 27.5. The van der Waals surface area contributed by atoms with E-state index in [0.717, 1.165) is 11.1 Å². The smallest absolute Gasteiger partial charge is 0.254 e. The van der Waals surface area contributed by atoms with Crippen LogP contribution in [-0.4, -0.2) is 39.3 Å². The van der Waals surface area contributed by atoms with E-state index >= 15 is 0 Å². The van der Waals surface area contributed by atoms with Crippen molar-refractivity contribution in [1.82, 2.24) is 4.90 Å². The minimum atomic E-state index is -1.17. The monoisotopic (exact) mass is 403 g/mol. The Morgan fingerprint density at radius 2 is 1.33 bits per heavy atom. The highest BCUT2D eigenvalue weighted by molar-refractivity contribution is 5.88. The first kappa shape index (κ1) is 20.3. The molecule has 154 valence electrons. The number of nitrogens with zero attached hydrogens (tertiary/aromatic N) is 1. The lowest BCUT2D eigenvalue weighted by Crippen LogP contribution is -2.70. The number of hydrogen-bond acceptors (Lipinski definition) is 4. The van der Waals surface area contributed by atoms with Crippen LogP contribution in [0.3, 0.4) is 0 Å². The molecule has 0 aliphatic carbocycles. The summed E-state index contributed by atoms with van der Waals surface area (Å²) in [6.45, 7) is 0.620. The maximum absolute atomic E-state index is 12.9. The molecule has 4 rings (SSSR count). The highest BCUT2D eigenvalue weighted by Gasteiger charge is 2.53. The number of aliphatic hydroxyl groups is 2. The molecule has 30 heavy (non-hydrogen) atoms. The molecule has 3 aromatic rings. The number of benzene rings is 3. The fraction of sp³-hybridized carbons (Fsp3) is 0.240. The van der Waals surface area contributed by atoms with Gasteiger partial charge in [0.15, 0.2) is 6.10 Å². The molecule has 1 aliphatic rings. The average Bonchev–Trinajstić information content (AvgIpc) is 2.81. The molecule has 1 heterocycles. The number of hydrogen-bond donors (Lipinski definition) is 2.